The molecule has 0 aliphatic rings. The molecule has 0 atom stereocenters. The van der Waals surface area contributed by atoms with E-state index in [1.807, 2.05) is 54.6 Å². The van der Waals surface area contributed by atoms with Gasteiger partial charge in [-0.1, -0.05) is 41.9 Å². The van der Waals surface area contributed by atoms with Crippen LogP contribution >= 0.6 is 27.5 Å². The number of aliphatic hydroxyl groups is 1. The summed E-state index contributed by atoms with van der Waals surface area (Å²) in [7, 11) is 0. The zero-order chi connectivity index (χ0) is 14.8. The number of aromatic nitrogens is 2. The summed E-state index contributed by atoms with van der Waals surface area (Å²) in [5.41, 5.74) is 3.34. The highest BCUT2D eigenvalue weighted by Gasteiger charge is 2.17. The molecule has 1 N–H and O–H groups in total. The van der Waals surface area contributed by atoms with Crippen LogP contribution in [0.4, 0.5) is 0 Å². The molecule has 0 saturated carbocycles. The van der Waals surface area contributed by atoms with E-state index in [0.717, 1.165) is 27.1 Å². The minimum Gasteiger partial charge on any atom is -0.391 e. The molecule has 5 heteroatoms. The van der Waals surface area contributed by atoms with Crippen molar-refractivity contribution in [1.29, 1.82) is 0 Å². The Hall–Kier alpha value is -1.62. The largest absolute Gasteiger partial charge is 0.391 e. The molecule has 106 valence electrons. The number of hydrogen-bond acceptors (Lipinski definition) is 2. The van der Waals surface area contributed by atoms with Crippen molar-refractivity contribution in [3.63, 3.8) is 0 Å². The summed E-state index contributed by atoms with van der Waals surface area (Å²) in [6, 6.07) is 17.2. The lowest BCUT2D eigenvalue weighted by Crippen LogP contribution is -1.96. The third kappa shape index (κ3) is 2.75. The minimum absolute atomic E-state index is 0.0919. The molecule has 1 aromatic heterocycles. The van der Waals surface area contributed by atoms with Gasteiger partial charge >= 0.3 is 0 Å². The lowest BCUT2D eigenvalue weighted by Gasteiger charge is -2.02. The van der Waals surface area contributed by atoms with Crippen LogP contribution in [-0.2, 0) is 6.61 Å². The summed E-state index contributed by atoms with van der Waals surface area (Å²) in [6.07, 6.45) is 0. The molecular weight excluding hydrogens is 352 g/mol. The summed E-state index contributed by atoms with van der Waals surface area (Å²) in [6.45, 7) is -0.0919. The van der Waals surface area contributed by atoms with Gasteiger partial charge < -0.3 is 5.11 Å². The Morgan fingerprint density at radius 3 is 2.33 bits per heavy atom. The Kier molecular flexibility index (Phi) is 4.10. The predicted octanol–water partition coefficient (Wildman–Crippen LogP) is 4.45. The van der Waals surface area contributed by atoms with Crippen LogP contribution in [0.3, 0.4) is 0 Å². The van der Waals surface area contributed by atoms with Gasteiger partial charge in [0.15, 0.2) is 0 Å². The number of benzene rings is 2. The fraction of sp³-hybridized carbons (Fsp3) is 0.0625. The smallest absolute Gasteiger partial charge is 0.116 e. The van der Waals surface area contributed by atoms with Gasteiger partial charge in [0.05, 0.1) is 18.0 Å². The number of halogens is 2. The Labute approximate surface area is 135 Å². The van der Waals surface area contributed by atoms with Crippen molar-refractivity contribution in [2.75, 3.05) is 0 Å². The van der Waals surface area contributed by atoms with Gasteiger partial charge in [-0.3, -0.25) is 0 Å². The highest BCUT2D eigenvalue weighted by molar-refractivity contribution is 9.10. The van der Waals surface area contributed by atoms with Gasteiger partial charge in [0, 0.05) is 16.1 Å². The first kappa shape index (κ1) is 14.3. The molecule has 2 aromatic carbocycles. The summed E-state index contributed by atoms with van der Waals surface area (Å²) >= 11 is 9.45. The van der Waals surface area contributed by atoms with Crippen LogP contribution in [0.2, 0.25) is 5.02 Å². The van der Waals surface area contributed by atoms with E-state index in [4.69, 9.17) is 11.6 Å². The number of para-hydroxylation sites is 1. The fourth-order valence-electron chi connectivity index (χ4n) is 2.15. The molecule has 21 heavy (non-hydrogen) atoms. The quantitative estimate of drug-likeness (QED) is 0.746. The van der Waals surface area contributed by atoms with E-state index in [1.165, 1.54) is 0 Å². The molecule has 0 unspecified atom stereocenters. The van der Waals surface area contributed by atoms with E-state index < -0.39 is 0 Å². The lowest BCUT2D eigenvalue weighted by molar-refractivity contribution is 0.281. The van der Waals surface area contributed by atoms with Crippen molar-refractivity contribution in [2.45, 2.75) is 6.61 Å². The highest BCUT2D eigenvalue weighted by Crippen LogP contribution is 2.31. The zero-order valence-corrected chi connectivity index (χ0v) is 13.3. The zero-order valence-electron chi connectivity index (χ0n) is 11.0. The number of aliphatic hydroxyl groups excluding tert-OH is 1. The van der Waals surface area contributed by atoms with Gasteiger partial charge in [-0.25, -0.2) is 4.68 Å². The van der Waals surface area contributed by atoms with Crippen LogP contribution in [0.15, 0.2) is 59.2 Å². The molecule has 0 radical (unpaired) electrons. The second-order valence-electron chi connectivity index (χ2n) is 4.53. The molecule has 1 heterocycles. The summed E-state index contributed by atoms with van der Waals surface area (Å²) < 4.78 is 2.52. The van der Waals surface area contributed by atoms with Crippen molar-refractivity contribution in [3.05, 3.63) is 69.8 Å². The maximum absolute atomic E-state index is 9.67. The molecule has 3 aromatic rings. The maximum Gasteiger partial charge on any atom is 0.116 e. The van der Waals surface area contributed by atoms with Gasteiger partial charge in [0.25, 0.3) is 0 Å². The van der Waals surface area contributed by atoms with Gasteiger partial charge in [-0.05, 0) is 40.2 Å². The van der Waals surface area contributed by atoms with Crippen LogP contribution in [0.5, 0.6) is 0 Å². The predicted molar refractivity (Wildman–Crippen MR) is 87.6 cm³/mol. The molecule has 0 fully saturated rings. The average molecular weight is 364 g/mol. The second kappa shape index (κ2) is 6.02. The SMILES string of the molecule is OCc1c(-c2ccc(Cl)cc2)nn(-c2ccccc2)c1Br. The lowest BCUT2D eigenvalue weighted by atomic mass is 10.1. The van der Waals surface area contributed by atoms with Gasteiger partial charge in [-0.15, -0.1) is 0 Å². The maximum atomic E-state index is 9.67. The van der Waals surface area contributed by atoms with E-state index >= 15 is 0 Å². The second-order valence-corrected chi connectivity index (χ2v) is 5.72. The number of nitrogens with zero attached hydrogens (tertiary/aromatic N) is 2. The van der Waals surface area contributed by atoms with Crippen molar-refractivity contribution < 1.29 is 5.11 Å². The van der Waals surface area contributed by atoms with Crippen LogP contribution in [0.25, 0.3) is 16.9 Å². The normalized spacial score (nSPS) is 10.8. The third-order valence-corrected chi connectivity index (χ3v) is 4.26. The van der Waals surface area contributed by atoms with Gasteiger partial charge in [-0.2, -0.15) is 5.10 Å². The molecule has 0 aliphatic heterocycles. The van der Waals surface area contributed by atoms with Gasteiger partial charge in [0.1, 0.15) is 4.60 Å². The molecule has 3 nitrogen and oxygen atoms in total. The van der Waals surface area contributed by atoms with E-state index in [0.29, 0.717) is 5.02 Å². The van der Waals surface area contributed by atoms with E-state index in [1.54, 1.807) is 4.68 Å². The fourth-order valence-corrected chi connectivity index (χ4v) is 2.87. The van der Waals surface area contributed by atoms with Crippen molar-refractivity contribution in [3.8, 4) is 16.9 Å². The molecular formula is C16H12BrClN2O. The Bertz CT molecular complexity index is 754. The topological polar surface area (TPSA) is 38.1 Å². The van der Waals surface area contributed by atoms with Crippen molar-refractivity contribution in [1.82, 2.24) is 9.78 Å². The number of rotatable bonds is 3. The van der Waals surface area contributed by atoms with Crippen molar-refractivity contribution in [2.24, 2.45) is 0 Å². The summed E-state index contributed by atoms with van der Waals surface area (Å²) in [5.74, 6) is 0. The van der Waals surface area contributed by atoms with E-state index in [-0.39, 0.29) is 6.61 Å². The van der Waals surface area contributed by atoms with Crippen LogP contribution in [0.1, 0.15) is 5.56 Å². The standard InChI is InChI=1S/C16H12BrClN2O/c17-16-14(10-21)15(11-6-8-12(18)9-7-11)19-20(16)13-4-2-1-3-5-13/h1-9,21H,10H2. The minimum atomic E-state index is -0.0919. The van der Waals surface area contributed by atoms with E-state index in [2.05, 4.69) is 21.0 Å². The Morgan fingerprint density at radius 1 is 1.05 bits per heavy atom. The summed E-state index contributed by atoms with van der Waals surface area (Å²) in [5, 5.41) is 15.0. The average Bonchev–Trinajstić information content (AvgIpc) is 2.85. The molecule has 0 bridgehead atoms. The third-order valence-electron chi connectivity index (χ3n) is 3.20. The highest BCUT2D eigenvalue weighted by atomic mass is 79.9. The molecule has 0 amide bonds. The first-order valence-electron chi connectivity index (χ1n) is 6.40. The van der Waals surface area contributed by atoms with Crippen molar-refractivity contribution >= 4 is 27.5 Å². The van der Waals surface area contributed by atoms with E-state index in [9.17, 15) is 5.11 Å². The summed E-state index contributed by atoms with van der Waals surface area (Å²) in [4.78, 5) is 0. The van der Waals surface area contributed by atoms with Crippen LogP contribution in [0, 0.1) is 0 Å². The monoisotopic (exact) mass is 362 g/mol. The Morgan fingerprint density at radius 2 is 1.71 bits per heavy atom. The number of hydrogen-bond donors (Lipinski definition) is 1. The van der Waals surface area contributed by atoms with Gasteiger partial charge in [0.2, 0.25) is 0 Å². The molecule has 3 rings (SSSR count). The first-order valence-corrected chi connectivity index (χ1v) is 7.57. The van der Waals surface area contributed by atoms with Crippen LogP contribution in [-0.4, -0.2) is 14.9 Å². The molecule has 0 aliphatic carbocycles. The Balaban J connectivity index is 2.16. The molecule has 0 saturated heterocycles. The van der Waals surface area contributed by atoms with Crippen LogP contribution < -0.4 is 0 Å². The first-order chi connectivity index (χ1) is 10.2. The molecule has 0 spiro atoms.